The molecule has 0 aliphatic rings. The highest BCUT2D eigenvalue weighted by molar-refractivity contribution is 6.54. The highest BCUT2D eigenvalue weighted by Gasteiger charge is 2.18. The van der Waals surface area contributed by atoms with Crippen molar-refractivity contribution < 1.29 is 14.7 Å². The number of anilines is 1. The van der Waals surface area contributed by atoms with E-state index < -0.39 is 21.9 Å². The van der Waals surface area contributed by atoms with Gasteiger partial charge in [-0.3, -0.25) is 4.79 Å². The van der Waals surface area contributed by atoms with Gasteiger partial charge in [0.15, 0.2) is 0 Å². The average Bonchev–Trinajstić information content (AvgIpc) is 2.38. The molecule has 0 atom stereocenters. The number of rotatable bonds is 4. The molecule has 0 unspecified atom stereocenters. The van der Waals surface area contributed by atoms with Crippen LogP contribution < -0.4 is 5.32 Å². The maximum absolute atomic E-state index is 11.8. The van der Waals surface area contributed by atoms with E-state index in [0.717, 1.165) is 17.5 Å². The number of carbonyl (C=O) groups excluding carboxylic acids is 1. The second kappa shape index (κ2) is 6.59. The fourth-order valence-corrected chi connectivity index (χ4v) is 1.78. The molecular formula is C13H13Cl2NO3. The van der Waals surface area contributed by atoms with E-state index in [1.54, 1.807) is 0 Å². The number of amides is 1. The quantitative estimate of drug-likeness (QED) is 0.839. The van der Waals surface area contributed by atoms with Gasteiger partial charge in [-0.2, -0.15) is 0 Å². The van der Waals surface area contributed by atoms with Crippen molar-refractivity contribution >= 4 is 40.8 Å². The summed E-state index contributed by atoms with van der Waals surface area (Å²) in [5.41, 5.74) is 2.43. The predicted molar refractivity (Wildman–Crippen MR) is 75.6 cm³/mol. The fourth-order valence-electron chi connectivity index (χ4n) is 1.56. The molecule has 102 valence electrons. The van der Waals surface area contributed by atoms with Gasteiger partial charge in [0.2, 0.25) is 0 Å². The number of para-hydroxylation sites is 1. The number of aryl methyl sites for hydroxylation is 2. The first kappa shape index (κ1) is 15.5. The van der Waals surface area contributed by atoms with Gasteiger partial charge in [-0.15, -0.1) is 0 Å². The molecule has 1 amide bonds. The molecule has 1 aromatic carbocycles. The van der Waals surface area contributed by atoms with Gasteiger partial charge in [0, 0.05) is 5.69 Å². The fraction of sp³-hybridized carbons (Fsp3) is 0.231. The first-order valence-corrected chi connectivity index (χ1v) is 6.32. The molecule has 2 N–H and O–H groups in total. The molecule has 1 aromatic rings. The van der Waals surface area contributed by atoms with Crippen LogP contribution in [0.25, 0.3) is 0 Å². The van der Waals surface area contributed by atoms with Crippen LogP contribution in [0.15, 0.2) is 28.3 Å². The number of carbonyl (C=O) groups is 2. The first-order chi connectivity index (χ1) is 8.88. The van der Waals surface area contributed by atoms with Gasteiger partial charge in [-0.1, -0.05) is 48.3 Å². The first-order valence-electron chi connectivity index (χ1n) is 5.56. The number of hydrogen-bond acceptors (Lipinski definition) is 2. The van der Waals surface area contributed by atoms with E-state index in [9.17, 15) is 9.59 Å². The molecule has 19 heavy (non-hydrogen) atoms. The van der Waals surface area contributed by atoms with Crippen LogP contribution in [0.4, 0.5) is 5.69 Å². The Morgan fingerprint density at radius 1 is 1.26 bits per heavy atom. The van der Waals surface area contributed by atoms with Gasteiger partial charge in [0.05, 0.1) is 0 Å². The Kier molecular flexibility index (Phi) is 5.39. The number of nitrogens with one attached hydrogen (secondary N) is 1. The lowest BCUT2D eigenvalue weighted by Gasteiger charge is -2.12. The van der Waals surface area contributed by atoms with Crippen molar-refractivity contribution in [1.29, 1.82) is 0 Å². The molecule has 0 fully saturated rings. The average molecular weight is 302 g/mol. The number of halogens is 2. The Hall–Kier alpha value is -1.52. The van der Waals surface area contributed by atoms with E-state index in [1.165, 1.54) is 0 Å². The molecule has 0 spiro atoms. The Bertz CT molecular complexity index is 553. The maximum Gasteiger partial charge on any atom is 0.349 e. The van der Waals surface area contributed by atoms with Crippen molar-refractivity contribution in [1.82, 2.24) is 0 Å². The van der Waals surface area contributed by atoms with Gasteiger partial charge < -0.3 is 10.4 Å². The van der Waals surface area contributed by atoms with Crippen LogP contribution in [0.2, 0.25) is 0 Å². The van der Waals surface area contributed by atoms with E-state index in [-0.39, 0.29) is 0 Å². The molecule has 0 saturated heterocycles. The monoisotopic (exact) mass is 301 g/mol. The van der Waals surface area contributed by atoms with Crippen molar-refractivity contribution in [2.75, 3.05) is 5.32 Å². The lowest BCUT2D eigenvalue weighted by Crippen LogP contribution is -2.16. The summed E-state index contributed by atoms with van der Waals surface area (Å²) in [5, 5.41) is 10.0. The van der Waals surface area contributed by atoms with Crippen molar-refractivity contribution in [2.45, 2.75) is 20.3 Å². The summed E-state index contributed by atoms with van der Waals surface area (Å²) in [6.07, 6.45) is 0.727. The number of benzene rings is 1. The molecule has 1 rings (SSSR count). The van der Waals surface area contributed by atoms with E-state index in [2.05, 4.69) is 5.32 Å². The highest BCUT2D eigenvalue weighted by Crippen LogP contribution is 2.23. The van der Waals surface area contributed by atoms with E-state index >= 15 is 0 Å². The van der Waals surface area contributed by atoms with E-state index in [1.807, 2.05) is 32.0 Å². The summed E-state index contributed by atoms with van der Waals surface area (Å²) >= 11 is 11.1. The van der Waals surface area contributed by atoms with E-state index in [4.69, 9.17) is 28.3 Å². The van der Waals surface area contributed by atoms with Crippen molar-refractivity contribution in [3.05, 3.63) is 39.4 Å². The Morgan fingerprint density at radius 3 is 2.42 bits per heavy atom. The number of aliphatic carboxylic acids is 1. The Labute approximate surface area is 121 Å². The van der Waals surface area contributed by atoms with Crippen LogP contribution >= 0.6 is 23.2 Å². The van der Waals surface area contributed by atoms with Crippen molar-refractivity contribution in [3.8, 4) is 0 Å². The number of carboxylic acids is 1. The van der Waals surface area contributed by atoms with Crippen LogP contribution in [-0.4, -0.2) is 17.0 Å². The largest absolute Gasteiger partial charge is 0.477 e. The molecule has 0 bridgehead atoms. The Balaban J connectivity index is 3.08. The molecule has 0 aromatic heterocycles. The third-order valence-electron chi connectivity index (χ3n) is 2.56. The summed E-state index contributed by atoms with van der Waals surface area (Å²) < 4.78 is 0. The van der Waals surface area contributed by atoms with Crippen LogP contribution in [0.3, 0.4) is 0 Å². The normalized spacial score (nSPS) is 11.8. The number of carboxylic acid groups (broad SMARTS) is 1. The minimum atomic E-state index is -1.44. The maximum atomic E-state index is 11.8. The van der Waals surface area contributed by atoms with Crippen LogP contribution in [-0.2, 0) is 16.0 Å². The third kappa shape index (κ3) is 3.72. The lowest BCUT2D eigenvalue weighted by molar-refractivity contribution is -0.132. The predicted octanol–water partition coefficient (Wildman–Crippen LogP) is 3.27. The molecule has 0 aliphatic carbocycles. The van der Waals surface area contributed by atoms with Gasteiger partial charge in [0.25, 0.3) is 5.91 Å². The smallest absolute Gasteiger partial charge is 0.349 e. The minimum Gasteiger partial charge on any atom is -0.477 e. The lowest BCUT2D eigenvalue weighted by atomic mass is 10.1. The highest BCUT2D eigenvalue weighted by atomic mass is 35.5. The minimum absolute atomic E-state index is 0.542. The molecule has 6 heteroatoms. The third-order valence-corrected chi connectivity index (χ3v) is 3.37. The summed E-state index contributed by atoms with van der Waals surface area (Å²) in [6.45, 7) is 3.79. The zero-order valence-electron chi connectivity index (χ0n) is 10.5. The standard InChI is InChI=1S/C13H13Cl2NO3/c1-3-8-6-4-5-7(2)11(8)16-12(17)9(14)10(15)13(18)19/h4-6H,3H2,1-2H3,(H,16,17)(H,18,19). The zero-order valence-corrected chi connectivity index (χ0v) is 12.0. The van der Waals surface area contributed by atoms with E-state index in [0.29, 0.717) is 5.69 Å². The zero-order chi connectivity index (χ0) is 14.6. The van der Waals surface area contributed by atoms with Crippen LogP contribution in [0.5, 0.6) is 0 Å². The van der Waals surface area contributed by atoms with Crippen molar-refractivity contribution in [2.24, 2.45) is 0 Å². The Morgan fingerprint density at radius 2 is 1.89 bits per heavy atom. The molecule has 0 heterocycles. The summed E-state index contributed by atoms with van der Waals surface area (Å²) in [7, 11) is 0. The summed E-state index contributed by atoms with van der Waals surface area (Å²) in [6, 6.07) is 5.59. The second-order valence-electron chi connectivity index (χ2n) is 3.85. The molecule has 4 nitrogen and oxygen atoms in total. The molecule has 0 radical (unpaired) electrons. The molecule has 0 aliphatic heterocycles. The van der Waals surface area contributed by atoms with Gasteiger partial charge in [-0.25, -0.2) is 4.79 Å². The van der Waals surface area contributed by atoms with Crippen LogP contribution in [0, 0.1) is 6.92 Å². The van der Waals surface area contributed by atoms with Crippen molar-refractivity contribution in [3.63, 3.8) is 0 Å². The summed E-state index contributed by atoms with van der Waals surface area (Å²) in [5.74, 6) is -2.18. The van der Waals surface area contributed by atoms with Gasteiger partial charge >= 0.3 is 5.97 Å². The topological polar surface area (TPSA) is 66.4 Å². The second-order valence-corrected chi connectivity index (χ2v) is 4.61. The molecule has 0 saturated carbocycles. The molecular weight excluding hydrogens is 289 g/mol. The van der Waals surface area contributed by atoms with Gasteiger partial charge in [0.1, 0.15) is 10.1 Å². The SMILES string of the molecule is CCc1cccc(C)c1NC(=O)C(Cl)=C(Cl)C(=O)O. The van der Waals surface area contributed by atoms with Gasteiger partial charge in [-0.05, 0) is 24.5 Å². The summed E-state index contributed by atoms with van der Waals surface area (Å²) in [4.78, 5) is 22.5. The number of hydrogen-bond donors (Lipinski definition) is 2. The van der Waals surface area contributed by atoms with Crippen LogP contribution in [0.1, 0.15) is 18.1 Å².